The summed E-state index contributed by atoms with van der Waals surface area (Å²) in [6, 6.07) is 6.43. The van der Waals surface area contributed by atoms with Crippen molar-refractivity contribution in [1.82, 2.24) is 5.43 Å². The summed E-state index contributed by atoms with van der Waals surface area (Å²) in [6.45, 7) is 1.76. The highest BCUT2D eigenvalue weighted by Gasteiger charge is 2.23. The molecule has 0 radical (unpaired) electrons. The molecule has 0 saturated carbocycles. The first-order valence-corrected chi connectivity index (χ1v) is 5.05. The Balaban J connectivity index is 2.45. The van der Waals surface area contributed by atoms with Crippen molar-refractivity contribution in [1.29, 1.82) is 0 Å². The highest BCUT2D eigenvalue weighted by molar-refractivity contribution is 6.53. The van der Waals surface area contributed by atoms with Gasteiger partial charge in [0.1, 0.15) is 5.71 Å². The molecule has 0 aromatic heterocycles. The van der Waals surface area contributed by atoms with Gasteiger partial charge in [0.05, 0.1) is 0 Å². The number of rotatable bonds is 1. The normalized spacial score (nSPS) is 16.4. The molecule has 0 heterocycles. The number of fused-ring (bicyclic) bond motifs is 1. The number of nitrogens with zero attached hydrogens (tertiary/aromatic N) is 1. The van der Waals surface area contributed by atoms with E-state index in [4.69, 9.17) is 5.73 Å². The van der Waals surface area contributed by atoms with Gasteiger partial charge in [0.15, 0.2) is 0 Å². The van der Waals surface area contributed by atoms with Crippen molar-refractivity contribution in [3.63, 3.8) is 0 Å². The molecule has 0 unspecified atom stereocenters. The van der Waals surface area contributed by atoms with Crippen LogP contribution in [0, 0.1) is 0 Å². The summed E-state index contributed by atoms with van der Waals surface area (Å²) in [5.74, 6) is -0.214. The molecule has 2 amide bonds. The van der Waals surface area contributed by atoms with E-state index in [-0.39, 0.29) is 11.5 Å². The lowest BCUT2D eigenvalue weighted by Gasteiger charge is -2.14. The van der Waals surface area contributed by atoms with Crippen LogP contribution in [0.1, 0.15) is 22.8 Å². The lowest BCUT2D eigenvalue weighted by Crippen LogP contribution is -2.29. The summed E-state index contributed by atoms with van der Waals surface area (Å²) >= 11 is 0. The number of ketones is 1. The van der Waals surface area contributed by atoms with E-state index in [2.05, 4.69) is 10.5 Å². The summed E-state index contributed by atoms with van der Waals surface area (Å²) < 4.78 is 0. The molecule has 5 heteroatoms. The van der Waals surface area contributed by atoms with Gasteiger partial charge in [-0.25, -0.2) is 10.2 Å². The molecule has 1 aliphatic carbocycles. The second kappa shape index (κ2) is 4.21. The molecule has 0 fully saturated rings. The van der Waals surface area contributed by atoms with Crippen molar-refractivity contribution < 1.29 is 9.59 Å². The van der Waals surface area contributed by atoms with E-state index in [1.165, 1.54) is 0 Å². The monoisotopic (exact) mass is 229 g/mol. The van der Waals surface area contributed by atoms with Crippen molar-refractivity contribution >= 4 is 23.6 Å². The molecule has 0 atom stereocenters. The SMILES string of the molecule is CC1=Cc2ccccc2C(=O)C1=NNC(N)=O. The molecule has 0 saturated heterocycles. The van der Waals surface area contributed by atoms with Gasteiger partial charge >= 0.3 is 6.03 Å². The van der Waals surface area contributed by atoms with E-state index in [1.54, 1.807) is 19.1 Å². The van der Waals surface area contributed by atoms with Crippen LogP contribution in [0.25, 0.3) is 6.08 Å². The van der Waals surface area contributed by atoms with Crippen molar-refractivity contribution in [2.75, 3.05) is 0 Å². The zero-order chi connectivity index (χ0) is 12.4. The summed E-state index contributed by atoms with van der Waals surface area (Å²) in [5.41, 5.74) is 9.31. The Hall–Kier alpha value is -2.43. The Kier molecular flexibility index (Phi) is 2.74. The molecule has 0 bridgehead atoms. The van der Waals surface area contributed by atoms with Gasteiger partial charge in [0.2, 0.25) is 5.78 Å². The fourth-order valence-electron chi connectivity index (χ4n) is 1.69. The molecule has 5 nitrogen and oxygen atoms in total. The number of benzene rings is 1. The standard InChI is InChI=1S/C12H11N3O2/c1-7-6-8-4-2-3-5-9(8)11(16)10(7)14-15-12(13)17/h2-6H,1H3,(H3,13,15,17). The van der Waals surface area contributed by atoms with Crippen molar-refractivity contribution in [2.45, 2.75) is 6.92 Å². The third kappa shape index (κ3) is 2.08. The van der Waals surface area contributed by atoms with Gasteiger partial charge in [-0.2, -0.15) is 5.10 Å². The number of nitrogens with two attached hydrogens (primary N) is 1. The number of urea groups is 1. The summed E-state index contributed by atoms with van der Waals surface area (Å²) in [4.78, 5) is 22.7. The zero-order valence-electron chi connectivity index (χ0n) is 9.23. The Morgan fingerprint density at radius 3 is 2.76 bits per heavy atom. The highest BCUT2D eigenvalue weighted by atomic mass is 16.2. The number of allylic oxidation sites excluding steroid dienone is 1. The average molecular weight is 229 g/mol. The minimum Gasteiger partial charge on any atom is -0.350 e. The molecule has 86 valence electrons. The first kappa shape index (κ1) is 11.1. The molecule has 0 aliphatic heterocycles. The highest BCUT2D eigenvalue weighted by Crippen LogP contribution is 2.21. The third-order valence-electron chi connectivity index (χ3n) is 2.44. The average Bonchev–Trinajstić information content (AvgIpc) is 2.28. The van der Waals surface area contributed by atoms with Gasteiger partial charge in [0, 0.05) is 5.56 Å². The van der Waals surface area contributed by atoms with E-state index >= 15 is 0 Å². The van der Waals surface area contributed by atoms with Crippen molar-refractivity contribution in [3.8, 4) is 0 Å². The van der Waals surface area contributed by atoms with Crippen molar-refractivity contribution in [3.05, 3.63) is 41.0 Å². The summed E-state index contributed by atoms with van der Waals surface area (Å²) in [5, 5.41) is 3.72. The summed E-state index contributed by atoms with van der Waals surface area (Å²) in [6.07, 6.45) is 1.85. The maximum Gasteiger partial charge on any atom is 0.332 e. The number of carbonyl (C=O) groups is 2. The Morgan fingerprint density at radius 2 is 2.06 bits per heavy atom. The van der Waals surface area contributed by atoms with E-state index in [0.717, 1.165) is 5.56 Å². The molecule has 17 heavy (non-hydrogen) atoms. The molecule has 1 aromatic carbocycles. The maximum absolute atomic E-state index is 12.1. The predicted octanol–water partition coefficient (Wildman–Crippen LogP) is 1.31. The molecular formula is C12H11N3O2. The van der Waals surface area contributed by atoms with Crippen LogP contribution in [0.3, 0.4) is 0 Å². The number of hydrogen-bond donors (Lipinski definition) is 2. The van der Waals surface area contributed by atoms with Crippen LogP contribution < -0.4 is 11.2 Å². The minimum absolute atomic E-state index is 0.211. The first-order valence-electron chi connectivity index (χ1n) is 5.05. The number of amides is 2. The van der Waals surface area contributed by atoms with Crippen LogP contribution >= 0.6 is 0 Å². The number of nitrogens with one attached hydrogen (secondary N) is 1. The van der Waals surface area contributed by atoms with Gasteiger partial charge in [-0.05, 0) is 24.1 Å². The Morgan fingerprint density at radius 1 is 1.35 bits per heavy atom. The van der Waals surface area contributed by atoms with Crippen LogP contribution in [0.4, 0.5) is 4.79 Å². The van der Waals surface area contributed by atoms with Crippen LogP contribution in [-0.2, 0) is 0 Å². The first-order chi connectivity index (χ1) is 8.09. The molecule has 1 aliphatic rings. The van der Waals surface area contributed by atoms with Gasteiger partial charge in [-0.1, -0.05) is 24.3 Å². The second-order valence-corrected chi connectivity index (χ2v) is 3.68. The minimum atomic E-state index is -0.794. The van der Waals surface area contributed by atoms with Crippen LogP contribution in [0.5, 0.6) is 0 Å². The van der Waals surface area contributed by atoms with Crippen LogP contribution in [-0.4, -0.2) is 17.5 Å². The molecule has 0 spiro atoms. The largest absolute Gasteiger partial charge is 0.350 e. The number of carbonyl (C=O) groups excluding carboxylic acids is 2. The third-order valence-corrected chi connectivity index (χ3v) is 2.44. The molecule has 3 N–H and O–H groups in total. The van der Waals surface area contributed by atoms with E-state index < -0.39 is 6.03 Å². The lowest BCUT2D eigenvalue weighted by atomic mass is 9.90. The number of primary amides is 1. The predicted molar refractivity (Wildman–Crippen MR) is 64.6 cm³/mol. The Labute approximate surface area is 98.0 Å². The van der Waals surface area contributed by atoms with Crippen molar-refractivity contribution in [2.24, 2.45) is 10.8 Å². The Bertz CT molecular complexity index is 559. The molecular weight excluding hydrogens is 218 g/mol. The smallest absolute Gasteiger partial charge is 0.332 e. The van der Waals surface area contributed by atoms with E-state index in [9.17, 15) is 9.59 Å². The van der Waals surface area contributed by atoms with E-state index in [1.807, 2.05) is 18.2 Å². The van der Waals surface area contributed by atoms with Gasteiger partial charge < -0.3 is 5.73 Å². The topological polar surface area (TPSA) is 84.6 Å². The number of hydrogen-bond acceptors (Lipinski definition) is 3. The fraction of sp³-hybridized carbons (Fsp3) is 0.0833. The lowest BCUT2D eigenvalue weighted by molar-refractivity contribution is 0.106. The van der Waals surface area contributed by atoms with Gasteiger partial charge in [-0.3, -0.25) is 4.79 Å². The molecule has 2 rings (SSSR count). The quantitative estimate of drug-likeness (QED) is 0.711. The maximum atomic E-state index is 12.1. The molecule has 1 aromatic rings. The van der Waals surface area contributed by atoms with E-state index in [0.29, 0.717) is 11.1 Å². The fourth-order valence-corrected chi connectivity index (χ4v) is 1.69. The zero-order valence-corrected chi connectivity index (χ0v) is 9.23. The van der Waals surface area contributed by atoms with Crippen LogP contribution in [0.2, 0.25) is 0 Å². The van der Waals surface area contributed by atoms with Gasteiger partial charge in [0.25, 0.3) is 0 Å². The van der Waals surface area contributed by atoms with Gasteiger partial charge in [-0.15, -0.1) is 0 Å². The number of hydrazone groups is 1. The number of Topliss-reactive ketones (excluding diaryl/α,β-unsaturated/α-hetero) is 1. The summed E-state index contributed by atoms with van der Waals surface area (Å²) in [7, 11) is 0. The van der Waals surface area contributed by atoms with Crippen LogP contribution in [0.15, 0.2) is 34.9 Å². The second-order valence-electron chi connectivity index (χ2n) is 3.68.